The second-order valence-corrected chi connectivity index (χ2v) is 11.1. The third-order valence-electron chi connectivity index (χ3n) is 6.96. The Labute approximate surface area is 250 Å². The molecule has 0 aliphatic carbocycles. The van der Waals surface area contributed by atoms with Crippen molar-refractivity contribution in [3.8, 4) is 22.5 Å². The first-order chi connectivity index (χ1) is 18.6. The average Bonchev–Trinajstić information content (AvgIpc) is 3.28. The zero-order chi connectivity index (χ0) is 27.7. The molecule has 0 saturated carbocycles. The van der Waals surface area contributed by atoms with Gasteiger partial charge < -0.3 is 14.4 Å². The van der Waals surface area contributed by atoms with Gasteiger partial charge in [0.1, 0.15) is 0 Å². The predicted molar refractivity (Wildman–Crippen MR) is 160 cm³/mol. The van der Waals surface area contributed by atoms with Crippen molar-refractivity contribution >= 4 is 22.1 Å². The number of hydrogen-bond acceptors (Lipinski definition) is 4. The van der Waals surface area contributed by atoms with Gasteiger partial charge in [0.05, 0.1) is 5.58 Å². The van der Waals surface area contributed by atoms with Crippen molar-refractivity contribution in [1.29, 1.82) is 0 Å². The number of hydrogen-bond donors (Lipinski definition) is 0. The minimum atomic E-state index is 0. The van der Waals surface area contributed by atoms with E-state index >= 15 is 0 Å². The summed E-state index contributed by atoms with van der Waals surface area (Å²) in [5.41, 5.74) is 11.3. The predicted octanol–water partition coefficient (Wildman–Crippen LogP) is 8.92. The molecule has 1 radical (unpaired) electrons. The van der Waals surface area contributed by atoms with Crippen LogP contribution in [0.2, 0.25) is 0 Å². The maximum Gasteiger partial charge on any atom is 0.216 e. The fourth-order valence-corrected chi connectivity index (χ4v) is 4.70. The average molecular weight is 704 g/mol. The van der Waals surface area contributed by atoms with Crippen molar-refractivity contribution in [2.24, 2.45) is 0 Å². The van der Waals surface area contributed by atoms with Crippen molar-refractivity contribution in [2.75, 3.05) is 0 Å². The minimum absolute atomic E-state index is 0. The zero-order valence-electron chi connectivity index (χ0n) is 24.0. The van der Waals surface area contributed by atoms with Gasteiger partial charge in [-0.05, 0) is 73.3 Å². The van der Waals surface area contributed by atoms with Gasteiger partial charge in [-0.3, -0.25) is 0 Å². The van der Waals surface area contributed by atoms with Crippen molar-refractivity contribution < 1.29 is 24.5 Å². The third-order valence-corrected chi connectivity index (χ3v) is 6.96. The first-order valence-electron chi connectivity index (χ1n) is 13.2. The van der Waals surface area contributed by atoms with Gasteiger partial charge >= 0.3 is 0 Å². The number of rotatable bonds is 2. The van der Waals surface area contributed by atoms with Crippen LogP contribution in [0, 0.1) is 39.8 Å². The second kappa shape index (κ2) is 11.8. The molecule has 0 spiro atoms. The molecule has 0 amide bonds. The zero-order valence-corrected chi connectivity index (χ0v) is 26.4. The van der Waals surface area contributed by atoms with E-state index in [1.54, 1.807) is 0 Å². The van der Waals surface area contributed by atoms with Gasteiger partial charge in [-0.1, -0.05) is 49.4 Å². The second-order valence-electron chi connectivity index (χ2n) is 11.1. The molecule has 0 bridgehead atoms. The van der Waals surface area contributed by atoms with Crippen LogP contribution in [0.3, 0.4) is 0 Å². The molecular formula is C35H33IrN3O-2. The van der Waals surface area contributed by atoms with Gasteiger partial charge in [-0.15, -0.1) is 54.1 Å². The molecule has 205 valence electrons. The molecule has 4 heterocycles. The largest absolute Gasteiger partial charge is 0.486 e. The smallest absolute Gasteiger partial charge is 0.216 e. The van der Waals surface area contributed by atoms with E-state index in [-0.39, 0.29) is 25.5 Å². The SMILES string of the molecule is Cc1ccc2c(n1)oc1c(-c3cc(C(C)(C)C)c(C)cn3)[c-]ccc12.Cc1cnc(-c2[c-]cccc2)cc1C.[Ir]. The van der Waals surface area contributed by atoms with Crippen LogP contribution in [0.5, 0.6) is 0 Å². The van der Waals surface area contributed by atoms with E-state index in [9.17, 15) is 0 Å². The fraction of sp³-hybridized carbons (Fsp3) is 0.229. The molecule has 0 fully saturated rings. The Bertz CT molecular complexity index is 1780. The number of benzene rings is 2. The van der Waals surface area contributed by atoms with Gasteiger partial charge in [0, 0.05) is 43.6 Å². The minimum Gasteiger partial charge on any atom is -0.486 e. The summed E-state index contributed by atoms with van der Waals surface area (Å²) >= 11 is 0. The molecule has 6 rings (SSSR count). The summed E-state index contributed by atoms with van der Waals surface area (Å²) in [5, 5.41) is 2.08. The number of nitrogens with zero attached hydrogens (tertiary/aromatic N) is 3. The molecule has 4 nitrogen and oxygen atoms in total. The Morgan fingerprint density at radius 1 is 0.725 bits per heavy atom. The maximum atomic E-state index is 6.09. The fourth-order valence-electron chi connectivity index (χ4n) is 4.70. The molecule has 4 aromatic heterocycles. The van der Waals surface area contributed by atoms with Crippen LogP contribution < -0.4 is 0 Å². The van der Waals surface area contributed by atoms with Crippen LogP contribution in [0.4, 0.5) is 0 Å². The number of furan rings is 1. The van der Waals surface area contributed by atoms with E-state index in [1.807, 2.05) is 61.8 Å². The van der Waals surface area contributed by atoms with E-state index < -0.39 is 0 Å². The van der Waals surface area contributed by atoms with Crippen molar-refractivity contribution in [3.63, 3.8) is 0 Å². The van der Waals surface area contributed by atoms with Crippen LogP contribution in [0.1, 0.15) is 48.7 Å². The Balaban J connectivity index is 0.000000210. The molecule has 0 N–H and O–H groups in total. The van der Waals surface area contributed by atoms with Gasteiger partial charge in [-0.2, -0.15) is 0 Å². The summed E-state index contributed by atoms with van der Waals surface area (Å²) < 4.78 is 6.09. The molecule has 0 unspecified atom stereocenters. The number of fused-ring (bicyclic) bond motifs is 3. The summed E-state index contributed by atoms with van der Waals surface area (Å²) in [5.74, 6) is 0. The van der Waals surface area contributed by atoms with Crippen LogP contribution in [0.15, 0.2) is 77.5 Å². The quantitative estimate of drug-likeness (QED) is 0.169. The molecule has 0 aliphatic rings. The van der Waals surface area contributed by atoms with Crippen molar-refractivity contribution in [2.45, 2.75) is 53.9 Å². The molecule has 0 atom stereocenters. The monoisotopic (exact) mass is 704 g/mol. The van der Waals surface area contributed by atoms with Crippen molar-refractivity contribution in [3.05, 3.63) is 113 Å². The molecular weight excluding hydrogens is 671 g/mol. The molecule has 6 aromatic rings. The summed E-state index contributed by atoms with van der Waals surface area (Å²) in [6.45, 7) is 14.9. The number of aryl methyl sites for hydroxylation is 4. The summed E-state index contributed by atoms with van der Waals surface area (Å²) in [4.78, 5) is 13.5. The first-order valence-corrected chi connectivity index (χ1v) is 13.2. The normalized spacial score (nSPS) is 11.2. The third kappa shape index (κ3) is 6.06. The molecule has 40 heavy (non-hydrogen) atoms. The summed E-state index contributed by atoms with van der Waals surface area (Å²) in [6.07, 6.45) is 3.85. The van der Waals surface area contributed by atoms with Gasteiger partial charge in [0.25, 0.3) is 0 Å². The van der Waals surface area contributed by atoms with E-state index in [2.05, 4.69) is 86.8 Å². The number of pyridine rings is 3. The van der Waals surface area contributed by atoms with Gasteiger partial charge in [-0.25, -0.2) is 4.98 Å². The van der Waals surface area contributed by atoms with E-state index in [4.69, 9.17) is 4.42 Å². The van der Waals surface area contributed by atoms with E-state index in [0.29, 0.717) is 5.71 Å². The topological polar surface area (TPSA) is 51.8 Å². The van der Waals surface area contributed by atoms with Crippen molar-refractivity contribution in [1.82, 2.24) is 15.0 Å². The van der Waals surface area contributed by atoms with Gasteiger partial charge in [0.15, 0.2) is 0 Å². The summed E-state index contributed by atoms with van der Waals surface area (Å²) in [6, 6.07) is 26.7. The van der Waals surface area contributed by atoms with Crippen LogP contribution >= 0.6 is 0 Å². The van der Waals surface area contributed by atoms with E-state index in [1.165, 1.54) is 22.3 Å². The van der Waals surface area contributed by atoms with Gasteiger partial charge in [0.2, 0.25) is 5.71 Å². The first kappa shape index (κ1) is 29.3. The maximum absolute atomic E-state index is 6.09. The van der Waals surface area contributed by atoms with Crippen LogP contribution in [0.25, 0.3) is 44.6 Å². The van der Waals surface area contributed by atoms with Crippen LogP contribution in [-0.4, -0.2) is 15.0 Å². The number of aromatic nitrogens is 3. The molecule has 0 aliphatic heterocycles. The molecule has 2 aromatic carbocycles. The standard InChI is InChI=1S/C22H21N2O.C13H12N.Ir/c1-13-12-23-19(11-18(13)22(3,4)5)17-8-6-7-15-16-10-9-14(2)24-21(16)25-20(15)17;1-10-8-13(14-9-11(10)2)12-6-4-3-5-7-12;/h6-7,9-12H,1-5H3;3-6,8-9H,1-2H3;/q2*-1;. The Morgan fingerprint density at radius 3 is 2.17 bits per heavy atom. The van der Waals surface area contributed by atoms with E-state index in [0.717, 1.165) is 44.6 Å². The van der Waals surface area contributed by atoms with Crippen LogP contribution in [-0.2, 0) is 25.5 Å². The Hall–Kier alpha value is -3.66. The summed E-state index contributed by atoms with van der Waals surface area (Å²) in [7, 11) is 0. The Kier molecular flexibility index (Phi) is 8.68. The Morgan fingerprint density at radius 2 is 1.48 bits per heavy atom. The molecule has 5 heteroatoms. The molecule has 0 saturated heterocycles.